The second kappa shape index (κ2) is 3.96. The minimum absolute atomic E-state index is 1.08. The van der Waals surface area contributed by atoms with Crippen LogP contribution in [0.5, 0.6) is 0 Å². The van der Waals surface area contributed by atoms with Crippen LogP contribution in [0.3, 0.4) is 0 Å². The van der Waals surface area contributed by atoms with Crippen molar-refractivity contribution >= 4 is 5.57 Å². The van der Waals surface area contributed by atoms with E-state index in [4.69, 9.17) is 0 Å². The number of allylic oxidation sites excluding steroid dienone is 4. The summed E-state index contributed by atoms with van der Waals surface area (Å²) in [4.78, 5) is 0. The number of fused-ring (bicyclic) bond motifs is 3. The van der Waals surface area contributed by atoms with E-state index in [1.807, 2.05) is 0 Å². The molecule has 0 spiro atoms. The lowest BCUT2D eigenvalue weighted by Crippen LogP contribution is -1.86. The van der Waals surface area contributed by atoms with E-state index in [0.29, 0.717) is 0 Å². The topological polar surface area (TPSA) is 0 Å². The maximum absolute atomic E-state index is 2.38. The number of rotatable bonds is 1. The summed E-state index contributed by atoms with van der Waals surface area (Å²) in [6, 6.07) is 15.7. The molecule has 2 aromatic carbocycles. The van der Waals surface area contributed by atoms with Gasteiger partial charge in [-0.05, 0) is 53.2 Å². The molecule has 0 unspecified atom stereocenters. The van der Waals surface area contributed by atoms with Gasteiger partial charge in [0.15, 0.2) is 0 Å². The Morgan fingerprint density at radius 3 is 2.58 bits per heavy atom. The van der Waals surface area contributed by atoms with Gasteiger partial charge in [-0.15, -0.1) is 0 Å². The zero-order valence-corrected chi connectivity index (χ0v) is 11.1. The lowest BCUT2D eigenvalue weighted by Gasteiger charge is -2.06. The van der Waals surface area contributed by atoms with E-state index in [1.54, 1.807) is 0 Å². The Morgan fingerprint density at radius 1 is 0.895 bits per heavy atom. The standard InChI is InChI=1S/C19H16/c1-13-6-7-14(10-13)15-8-9-19-17(11-15)12-16-4-2-3-5-18(16)19/h2-6,8-11H,7,12H2,1H3. The molecular weight excluding hydrogens is 228 g/mol. The second-order valence-corrected chi connectivity index (χ2v) is 5.53. The summed E-state index contributed by atoms with van der Waals surface area (Å²) in [5.74, 6) is 0. The number of hydrogen-bond donors (Lipinski definition) is 0. The van der Waals surface area contributed by atoms with Crippen molar-refractivity contribution in [3.8, 4) is 11.1 Å². The fraction of sp³-hybridized carbons (Fsp3) is 0.158. The van der Waals surface area contributed by atoms with Crippen molar-refractivity contribution in [2.45, 2.75) is 19.8 Å². The van der Waals surface area contributed by atoms with Crippen molar-refractivity contribution < 1.29 is 0 Å². The van der Waals surface area contributed by atoms with Gasteiger partial charge < -0.3 is 0 Å². The second-order valence-electron chi connectivity index (χ2n) is 5.53. The summed E-state index contributed by atoms with van der Waals surface area (Å²) in [5, 5.41) is 0. The number of benzene rings is 2. The van der Waals surface area contributed by atoms with Crippen molar-refractivity contribution in [2.24, 2.45) is 0 Å². The van der Waals surface area contributed by atoms with Gasteiger partial charge in [0.25, 0.3) is 0 Å². The minimum atomic E-state index is 1.08. The highest BCUT2D eigenvalue weighted by Gasteiger charge is 2.18. The number of hydrogen-bond acceptors (Lipinski definition) is 0. The quantitative estimate of drug-likeness (QED) is 0.565. The molecule has 0 amide bonds. The zero-order valence-electron chi connectivity index (χ0n) is 11.1. The van der Waals surface area contributed by atoms with Crippen LogP contribution in [0.25, 0.3) is 16.7 Å². The normalized spacial score (nSPS) is 15.8. The fourth-order valence-corrected chi connectivity index (χ4v) is 3.21. The maximum atomic E-state index is 2.38. The van der Waals surface area contributed by atoms with Gasteiger partial charge in [0.1, 0.15) is 0 Å². The lowest BCUT2D eigenvalue weighted by atomic mass is 9.98. The molecule has 0 saturated carbocycles. The van der Waals surface area contributed by atoms with Crippen molar-refractivity contribution in [1.82, 2.24) is 0 Å². The van der Waals surface area contributed by atoms with Gasteiger partial charge in [-0.2, -0.15) is 0 Å². The van der Waals surface area contributed by atoms with Crippen LogP contribution in [0.15, 0.2) is 60.2 Å². The van der Waals surface area contributed by atoms with E-state index in [2.05, 4.69) is 61.5 Å². The summed E-state index contributed by atoms with van der Waals surface area (Å²) in [6.07, 6.45) is 6.78. The van der Waals surface area contributed by atoms with E-state index in [9.17, 15) is 0 Å². The molecule has 0 radical (unpaired) electrons. The molecule has 0 fully saturated rings. The Kier molecular flexibility index (Phi) is 2.25. The Bertz CT molecular complexity index is 729. The third kappa shape index (κ3) is 1.67. The van der Waals surface area contributed by atoms with Crippen molar-refractivity contribution in [2.75, 3.05) is 0 Å². The van der Waals surface area contributed by atoms with Gasteiger partial charge in [-0.3, -0.25) is 0 Å². The molecule has 92 valence electrons. The Labute approximate surface area is 114 Å². The van der Waals surface area contributed by atoms with Crippen LogP contribution in [0.4, 0.5) is 0 Å². The molecule has 4 rings (SSSR count). The highest BCUT2D eigenvalue weighted by molar-refractivity contribution is 5.81. The van der Waals surface area contributed by atoms with E-state index < -0.39 is 0 Å². The van der Waals surface area contributed by atoms with E-state index >= 15 is 0 Å². The molecule has 0 aromatic heterocycles. The average Bonchev–Trinajstić information content (AvgIpc) is 3.01. The van der Waals surface area contributed by atoms with Crippen LogP contribution >= 0.6 is 0 Å². The molecular formula is C19H16. The minimum Gasteiger partial charge on any atom is -0.0772 e. The van der Waals surface area contributed by atoms with E-state index in [1.165, 1.54) is 39.0 Å². The molecule has 0 N–H and O–H groups in total. The van der Waals surface area contributed by atoms with Gasteiger partial charge in [-0.25, -0.2) is 0 Å². The van der Waals surface area contributed by atoms with Gasteiger partial charge in [0.05, 0.1) is 0 Å². The zero-order chi connectivity index (χ0) is 12.8. The molecule has 0 heterocycles. The Balaban J connectivity index is 1.78. The largest absolute Gasteiger partial charge is 0.0772 e. The van der Waals surface area contributed by atoms with E-state index in [-0.39, 0.29) is 0 Å². The summed E-state index contributed by atoms with van der Waals surface area (Å²) >= 11 is 0. The smallest absolute Gasteiger partial charge is 0.00132 e. The van der Waals surface area contributed by atoms with Gasteiger partial charge in [0.2, 0.25) is 0 Å². The van der Waals surface area contributed by atoms with Crippen molar-refractivity contribution in [3.63, 3.8) is 0 Å². The van der Waals surface area contributed by atoms with Gasteiger partial charge in [-0.1, -0.05) is 60.2 Å². The molecule has 2 aliphatic carbocycles. The molecule has 2 aliphatic rings. The molecule has 19 heavy (non-hydrogen) atoms. The Morgan fingerprint density at radius 2 is 1.74 bits per heavy atom. The fourth-order valence-electron chi connectivity index (χ4n) is 3.21. The van der Waals surface area contributed by atoms with Crippen LogP contribution in [-0.2, 0) is 6.42 Å². The average molecular weight is 244 g/mol. The molecule has 0 atom stereocenters. The van der Waals surface area contributed by atoms with Crippen LogP contribution in [0, 0.1) is 0 Å². The summed E-state index contributed by atoms with van der Waals surface area (Å²) in [7, 11) is 0. The van der Waals surface area contributed by atoms with Crippen LogP contribution in [0.2, 0.25) is 0 Å². The van der Waals surface area contributed by atoms with Gasteiger partial charge >= 0.3 is 0 Å². The Hall–Kier alpha value is -2.08. The van der Waals surface area contributed by atoms with Crippen LogP contribution in [0.1, 0.15) is 30.0 Å². The lowest BCUT2D eigenvalue weighted by molar-refractivity contribution is 1.25. The third-order valence-electron chi connectivity index (χ3n) is 4.21. The van der Waals surface area contributed by atoms with E-state index in [0.717, 1.165) is 12.8 Å². The maximum Gasteiger partial charge on any atom is -0.00132 e. The molecule has 0 aliphatic heterocycles. The first-order valence-electron chi connectivity index (χ1n) is 6.90. The monoisotopic (exact) mass is 244 g/mol. The first-order valence-corrected chi connectivity index (χ1v) is 6.90. The highest BCUT2D eigenvalue weighted by atomic mass is 14.2. The molecule has 0 heteroatoms. The van der Waals surface area contributed by atoms with Crippen LogP contribution in [-0.4, -0.2) is 0 Å². The third-order valence-corrected chi connectivity index (χ3v) is 4.21. The highest BCUT2D eigenvalue weighted by Crippen LogP contribution is 2.38. The SMILES string of the molecule is CC1=CCC(c2ccc3c(c2)Cc2ccccc2-3)=C1. The summed E-state index contributed by atoms with van der Waals surface area (Å²) in [6.45, 7) is 2.18. The molecule has 0 bridgehead atoms. The van der Waals surface area contributed by atoms with Crippen LogP contribution < -0.4 is 0 Å². The predicted octanol–water partition coefficient (Wildman–Crippen LogP) is 4.99. The summed E-state index contributed by atoms with van der Waals surface area (Å²) < 4.78 is 0. The predicted molar refractivity (Wildman–Crippen MR) is 81.0 cm³/mol. The molecule has 0 nitrogen and oxygen atoms in total. The summed E-state index contributed by atoms with van der Waals surface area (Å²) in [5.41, 5.74) is 10.0. The molecule has 2 aromatic rings. The molecule has 0 saturated heterocycles. The first-order chi connectivity index (χ1) is 9.31. The van der Waals surface area contributed by atoms with Crippen molar-refractivity contribution in [3.05, 3.63) is 76.9 Å². The first kappa shape index (κ1) is 10.8. The van der Waals surface area contributed by atoms with Crippen molar-refractivity contribution in [1.29, 1.82) is 0 Å². The van der Waals surface area contributed by atoms with Gasteiger partial charge in [0, 0.05) is 0 Å².